The number of carbonyl (C=O) groups excluding carboxylic acids is 1. The molecule has 140 valence electrons. The smallest absolute Gasteiger partial charge is 0.294 e. The maximum absolute atomic E-state index is 11.8. The normalized spacial score (nSPS) is 10.4. The molecule has 0 saturated heterocycles. The molecule has 0 spiro atoms. The number of nitrogens with one attached hydrogen (secondary N) is 1. The van der Waals surface area contributed by atoms with Crippen LogP contribution in [0.4, 0.5) is 0 Å². The number of thioether (sulfide) groups is 1. The Kier molecular flexibility index (Phi) is 7.27. The van der Waals surface area contributed by atoms with Crippen molar-refractivity contribution in [3.63, 3.8) is 0 Å². The molecule has 0 aliphatic carbocycles. The zero-order valence-electron chi connectivity index (χ0n) is 14.6. The van der Waals surface area contributed by atoms with Crippen molar-refractivity contribution in [1.29, 1.82) is 0 Å². The Hall–Kier alpha value is -2.75. The van der Waals surface area contributed by atoms with Gasteiger partial charge in [0.05, 0.1) is 18.9 Å². The first-order chi connectivity index (χ1) is 12.5. The van der Waals surface area contributed by atoms with Gasteiger partial charge in [-0.1, -0.05) is 11.8 Å². The summed E-state index contributed by atoms with van der Waals surface area (Å²) in [5.74, 6) is 6.92. The molecule has 1 aromatic carbocycles. The number of nitrogens with two attached hydrogens (primary N) is 1. The fourth-order valence-corrected chi connectivity index (χ4v) is 2.59. The molecule has 0 aliphatic rings. The molecule has 9 nitrogen and oxygen atoms in total. The highest BCUT2D eigenvalue weighted by Crippen LogP contribution is 2.17. The van der Waals surface area contributed by atoms with Crippen LogP contribution in [0.25, 0.3) is 0 Å². The highest BCUT2D eigenvalue weighted by Gasteiger charge is 2.10. The van der Waals surface area contributed by atoms with Crippen LogP contribution in [0.1, 0.15) is 12.6 Å². The summed E-state index contributed by atoms with van der Waals surface area (Å²) >= 11 is 1.04. The highest BCUT2D eigenvalue weighted by molar-refractivity contribution is 7.99. The zero-order chi connectivity index (χ0) is 18.9. The molecule has 1 amide bonds. The summed E-state index contributed by atoms with van der Waals surface area (Å²) in [6.45, 7) is 4.73. The van der Waals surface area contributed by atoms with Crippen molar-refractivity contribution in [2.45, 2.75) is 19.0 Å². The van der Waals surface area contributed by atoms with E-state index in [9.17, 15) is 9.59 Å². The SMILES string of the molecule is CCOc1ccc(OCCNC(=O)CSc2nnc(C)c(=O)n2N)cc1. The third-order valence-corrected chi connectivity index (χ3v) is 4.12. The summed E-state index contributed by atoms with van der Waals surface area (Å²) in [6.07, 6.45) is 0. The highest BCUT2D eigenvalue weighted by atomic mass is 32.2. The van der Waals surface area contributed by atoms with Crippen LogP contribution in [0.15, 0.2) is 34.2 Å². The number of rotatable bonds is 9. The first-order valence-corrected chi connectivity index (χ1v) is 8.96. The average molecular weight is 379 g/mol. The van der Waals surface area contributed by atoms with Crippen molar-refractivity contribution in [3.05, 3.63) is 40.3 Å². The first-order valence-electron chi connectivity index (χ1n) is 7.97. The molecule has 0 aliphatic heterocycles. The Labute approximate surface area is 154 Å². The van der Waals surface area contributed by atoms with E-state index in [2.05, 4.69) is 15.5 Å². The van der Waals surface area contributed by atoms with Gasteiger partial charge < -0.3 is 20.6 Å². The van der Waals surface area contributed by atoms with E-state index in [-0.39, 0.29) is 22.5 Å². The van der Waals surface area contributed by atoms with Crippen molar-refractivity contribution in [2.24, 2.45) is 0 Å². The molecule has 2 rings (SSSR count). The van der Waals surface area contributed by atoms with Gasteiger partial charge in [0, 0.05) is 0 Å². The van der Waals surface area contributed by atoms with Crippen LogP contribution in [0.5, 0.6) is 11.5 Å². The number of nitrogen functional groups attached to an aromatic ring is 1. The van der Waals surface area contributed by atoms with E-state index in [1.807, 2.05) is 19.1 Å². The maximum Gasteiger partial charge on any atom is 0.294 e. The second-order valence-electron chi connectivity index (χ2n) is 5.13. The van der Waals surface area contributed by atoms with Crippen LogP contribution in [0.3, 0.4) is 0 Å². The summed E-state index contributed by atoms with van der Waals surface area (Å²) in [6, 6.07) is 7.25. The molecule has 0 radical (unpaired) electrons. The number of aromatic nitrogens is 3. The molecular formula is C16H21N5O4S. The lowest BCUT2D eigenvalue weighted by atomic mass is 10.3. The molecule has 1 aromatic heterocycles. The van der Waals surface area contributed by atoms with Crippen LogP contribution in [0, 0.1) is 6.92 Å². The lowest BCUT2D eigenvalue weighted by Gasteiger charge is -2.09. The molecule has 0 fully saturated rings. The molecular weight excluding hydrogens is 358 g/mol. The number of amides is 1. The van der Waals surface area contributed by atoms with Gasteiger partial charge >= 0.3 is 0 Å². The number of hydrogen-bond acceptors (Lipinski definition) is 8. The van der Waals surface area contributed by atoms with E-state index in [0.29, 0.717) is 25.5 Å². The second kappa shape index (κ2) is 9.66. The minimum absolute atomic E-state index is 0.0669. The molecule has 2 aromatic rings. The predicted molar refractivity (Wildman–Crippen MR) is 98.0 cm³/mol. The maximum atomic E-state index is 11.8. The van der Waals surface area contributed by atoms with E-state index in [1.165, 1.54) is 6.92 Å². The van der Waals surface area contributed by atoms with E-state index in [1.54, 1.807) is 12.1 Å². The monoisotopic (exact) mass is 379 g/mol. The molecule has 3 N–H and O–H groups in total. The van der Waals surface area contributed by atoms with Gasteiger partial charge in [-0.3, -0.25) is 9.59 Å². The number of nitrogens with zero attached hydrogens (tertiary/aromatic N) is 3. The summed E-state index contributed by atoms with van der Waals surface area (Å²) in [5, 5.41) is 10.4. The van der Waals surface area contributed by atoms with Gasteiger partial charge in [0.2, 0.25) is 11.1 Å². The van der Waals surface area contributed by atoms with Crippen molar-refractivity contribution < 1.29 is 14.3 Å². The number of benzene rings is 1. The minimum atomic E-state index is -0.438. The van der Waals surface area contributed by atoms with Crippen molar-refractivity contribution in [3.8, 4) is 11.5 Å². The van der Waals surface area contributed by atoms with Crippen LogP contribution >= 0.6 is 11.8 Å². The van der Waals surface area contributed by atoms with Crippen LogP contribution in [0.2, 0.25) is 0 Å². The van der Waals surface area contributed by atoms with Gasteiger partial charge in [-0.2, -0.15) is 4.68 Å². The molecule has 26 heavy (non-hydrogen) atoms. The van der Waals surface area contributed by atoms with E-state index < -0.39 is 5.56 Å². The molecule has 1 heterocycles. The summed E-state index contributed by atoms with van der Waals surface area (Å²) in [4.78, 5) is 23.5. The van der Waals surface area contributed by atoms with Gasteiger partial charge in [-0.15, -0.1) is 10.2 Å². The number of carbonyl (C=O) groups is 1. The summed E-state index contributed by atoms with van der Waals surface area (Å²) < 4.78 is 11.8. The summed E-state index contributed by atoms with van der Waals surface area (Å²) in [5.41, 5.74) is -0.237. The topological polar surface area (TPSA) is 121 Å². The van der Waals surface area contributed by atoms with E-state index >= 15 is 0 Å². The Morgan fingerprint density at radius 2 is 1.88 bits per heavy atom. The van der Waals surface area contributed by atoms with Crippen molar-refractivity contribution in [2.75, 3.05) is 31.4 Å². The second-order valence-corrected chi connectivity index (χ2v) is 6.08. The quantitative estimate of drug-likeness (QED) is 0.364. The molecule has 0 bridgehead atoms. The molecule has 0 unspecified atom stereocenters. The number of ether oxygens (including phenoxy) is 2. The van der Waals surface area contributed by atoms with Crippen molar-refractivity contribution in [1.82, 2.24) is 20.2 Å². The number of hydrogen-bond donors (Lipinski definition) is 2. The van der Waals surface area contributed by atoms with Crippen LogP contribution in [-0.2, 0) is 4.79 Å². The predicted octanol–water partition coefficient (Wildman–Crippen LogP) is 0.347. The third-order valence-electron chi connectivity index (χ3n) is 3.18. The number of aryl methyl sites for hydroxylation is 1. The molecule has 10 heteroatoms. The Morgan fingerprint density at radius 3 is 2.54 bits per heavy atom. The largest absolute Gasteiger partial charge is 0.494 e. The fourth-order valence-electron chi connectivity index (χ4n) is 1.91. The Morgan fingerprint density at radius 1 is 1.23 bits per heavy atom. The fraction of sp³-hybridized carbons (Fsp3) is 0.375. The summed E-state index contributed by atoms with van der Waals surface area (Å²) in [7, 11) is 0. The van der Waals surface area contributed by atoms with Crippen LogP contribution in [-0.4, -0.2) is 46.3 Å². The third kappa shape index (κ3) is 5.66. The van der Waals surface area contributed by atoms with E-state index in [0.717, 1.165) is 22.2 Å². The minimum Gasteiger partial charge on any atom is -0.494 e. The zero-order valence-corrected chi connectivity index (χ0v) is 15.4. The van der Waals surface area contributed by atoms with Gasteiger partial charge in [-0.05, 0) is 38.1 Å². The first kappa shape index (κ1) is 19.6. The lowest BCUT2D eigenvalue weighted by Crippen LogP contribution is -2.33. The van der Waals surface area contributed by atoms with Crippen LogP contribution < -0.4 is 26.2 Å². The Balaban J connectivity index is 1.69. The standard InChI is InChI=1S/C16H21N5O4S/c1-3-24-12-4-6-13(7-5-12)25-9-8-18-14(22)10-26-16-20-19-11(2)15(23)21(16)17/h4-7H,3,8-10,17H2,1-2H3,(H,18,22). The van der Waals surface area contributed by atoms with Gasteiger partial charge in [0.1, 0.15) is 23.8 Å². The van der Waals surface area contributed by atoms with Crippen molar-refractivity contribution >= 4 is 17.7 Å². The van der Waals surface area contributed by atoms with Gasteiger partial charge in [0.15, 0.2) is 0 Å². The van der Waals surface area contributed by atoms with Gasteiger partial charge in [0.25, 0.3) is 5.56 Å². The van der Waals surface area contributed by atoms with Gasteiger partial charge in [-0.25, -0.2) is 0 Å². The van der Waals surface area contributed by atoms with E-state index in [4.69, 9.17) is 15.3 Å². The average Bonchev–Trinajstić information content (AvgIpc) is 2.64. The Bertz CT molecular complexity index is 794. The molecule has 0 saturated carbocycles. The molecule has 0 atom stereocenters. The lowest BCUT2D eigenvalue weighted by molar-refractivity contribution is -0.118.